The van der Waals surface area contributed by atoms with Gasteiger partial charge < -0.3 is 40.3 Å². The van der Waals surface area contributed by atoms with Gasteiger partial charge in [0.15, 0.2) is 6.29 Å². The van der Waals surface area contributed by atoms with Crippen LogP contribution in [0, 0.1) is 0 Å². The smallest absolute Gasteiger partial charge is 0.220 e. The first-order valence-electron chi connectivity index (χ1n) is 26.2. The Kier molecular flexibility index (Phi) is 40.8. The van der Waals surface area contributed by atoms with E-state index in [1.54, 1.807) is 6.08 Å². The third-order valence-corrected chi connectivity index (χ3v) is 12.5. The summed E-state index contributed by atoms with van der Waals surface area (Å²) in [4.78, 5) is 13.0. The predicted molar refractivity (Wildman–Crippen MR) is 258 cm³/mol. The van der Waals surface area contributed by atoms with Gasteiger partial charge in [0.1, 0.15) is 24.4 Å². The maximum Gasteiger partial charge on any atom is 0.220 e. The van der Waals surface area contributed by atoms with Crippen molar-refractivity contribution >= 4 is 5.91 Å². The normalized spacial score (nSPS) is 20.5. The summed E-state index contributed by atoms with van der Waals surface area (Å²) in [7, 11) is 0. The van der Waals surface area contributed by atoms with Crippen molar-refractivity contribution in [2.24, 2.45) is 0 Å². The van der Waals surface area contributed by atoms with E-state index >= 15 is 0 Å². The first-order valence-corrected chi connectivity index (χ1v) is 26.2. The lowest BCUT2D eigenvalue weighted by Gasteiger charge is -2.40. The zero-order valence-corrected chi connectivity index (χ0v) is 40.1. The maximum absolute atomic E-state index is 13.0. The molecule has 0 saturated carbocycles. The van der Waals surface area contributed by atoms with Gasteiger partial charge in [-0.25, -0.2) is 0 Å². The fourth-order valence-corrected chi connectivity index (χ4v) is 8.25. The molecule has 1 amide bonds. The van der Waals surface area contributed by atoms with Crippen molar-refractivity contribution in [2.45, 2.75) is 281 Å². The zero-order chi connectivity index (χ0) is 45.1. The molecule has 9 nitrogen and oxygen atoms in total. The molecule has 6 N–H and O–H groups in total. The van der Waals surface area contributed by atoms with Crippen molar-refractivity contribution in [2.75, 3.05) is 13.2 Å². The fraction of sp³-hybridized carbons (Fsp3) is 0.868. The van der Waals surface area contributed by atoms with Crippen molar-refractivity contribution in [1.82, 2.24) is 5.32 Å². The highest BCUT2D eigenvalue weighted by Crippen LogP contribution is 2.23. The number of ether oxygens (including phenoxy) is 2. The summed E-state index contributed by atoms with van der Waals surface area (Å²) >= 11 is 0. The molecule has 0 aromatic rings. The van der Waals surface area contributed by atoms with Gasteiger partial charge in [-0.05, 0) is 51.4 Å². The summed E-state index contributed by atoms with van der Waals surface area (Å²) in [6, 6.07) is -0.805. The molecular formula is C53H99NO8. The van der Waals surface area contributed by atoms with Crippen LogP contribution in [0.4, 0.5) is 0 Å². The van der Waals surface area contributed by atoms with Gasteiger partial charge in [0.25, 0.3) is 0 Å². The minimum Gasteiger partial charge on any atom is -0.394 e. The Morgan fingerprint density at radius 3 is 1.39 bits per heavy atom. The van der Waals surface area contributed by atoms with E-state index in [0.717, 1.165) is 44.9 Å². The van der Waals surface area contributed by atoms with Gasteiger partial charge in [-0.2, -0.15) is 0 Å². The molecule has 364 valence electrons. The third-order valence-electron chi connectivity index (χ3n) is 12.5. The van der Waals surface area contributed by atoms with E-state index in [9.17, 15) is 30.3 Å². The lowest BCUT2D eigenvalue weighted by atomic mass is 9.99. The van der Waals surface area contributed by atoms with Crippen LogP contribution in [0.2, 0.25) is 0 Å². The van der Waals surface area contributed by atoms with Crippen LogP contribution in [0.25, 0.3) is 0 Å². The topological polar surface area (TPSA) is 149 Å². The number of allylic oxidation sites excluding steroid dienone is 5. The molecule has 1 fully saturated rings. The largest absolute Gasteiger partial charge is 0.394 e. The minimum atomic E-state index is -1.57. The molecule has 1 rings (SSSR count). The van der Waals surface area contributed by atoms with Crippen LogP contribution >= 0.6 is 0 Å². The Balaban J connectivity index is 2.27. The Morgan fingerprint density at radius 1 is 0.548 bits per heavy atom. The van der Waals surface area contributed by atoms with Crippen LogP contribution in [0.15, 0.2) is 36.5 Å². The monoisotopic (exact) mass is 878 g/mol. The van der Waals surface area contributed by atoms with E-state index < -0.39 is 49.5 Å². The molecule has 1 heterocycles. The van der Waals surface area contributed by atoms with Gasteiger partial charge in [0.2, 0.25) is 5.91 Å². The number of carbonyl (C=O) groups is 1. The summed E-state index contributed by atoms with van der Waals surface area (Å²) in [6.45, 7) is 3.78. The highest BCUT2D eigenvalue weighted by atomic mass is 16.7. The van der Waals surface area contributed by atoms with Gasteiger partial charge in [0.05, 0.1) is 25.4 Å². The molecule has 62 heavy (non-hydrogen) atoms. The second-order valence-corrected chi connectivity index (χ2v) is 18.3. The first kappa shape index (κ1) is 58.4. The van der Waals surface area contributed by atoms with Crippen molar-refractivity contribution in [3.05, 3.63) is 36.5 Å². The van der Waals surface area contributed by atoms with Crippen molar-refractivity contribution in [1.29, 1.82) is 0 Å². The highest BCUT2D eigenvalue weighted by molar-refractivity contribution is 5.76. The van der Waals surface area contributed by atoms with Crippen molar-refractivity contribution < 1.29 is 39.8 Å². The fourth-order valence-electron chi connectivity index (χ4n) is 8.25. The van der Waals surface area contributed by atoms with Crippen LogP contribution in [0.5, 0.6) is 0 Å². The average Bonchev–Trinajstić information content (AvgIpc) is 3.27. The minimum absolute atomic E-state index is 0.178. The number of hydrogen-bond acceptors (Lipinski definition) is 8. The van der Waals surface area contributed by atoms with Crippen molar-refractivity contribution in [3.63, 3.8) is 0 Å². The van der Waals surface area contributed by atoms with Crippen LogP contribution in [-0.4, -0.2) is 87.5 Å². The zero-order valence-electron chi connectivity index (χ0n) is 40.1. The predicted octanol–water partition coefficient (Wildman–Crippen LogP) is 12.0. The maximum atomic E-state index is 13.0. The number of rotatable bonds is 44. The lowest BCUT2D eigenvalue weighted by Crippen LogP contribution is -2.60. The standard InChI is InChI=1S/C53H99NO8/c1-3-5-7-9-11-13-15-17-19-21-22-23-24-25-26-27-29-31-33-35-37-39-41-43-49(57)54-46(45-61-53-52(60)51(59)50(58)48(44-55)62-53)47(56)42-40-38-36-34-32-30-28-20-18-16-14-12-10-8-6-4-2/h15,17,21-22,40,42,46-48,50-53,55-56,58-60H,3-14,16,18-20,23-39,41,43-45H2,1-2H3,(H,54,57)/b17-15-,22-21-,42-40+. The summed E-state index contributed by atoms with van der Waals surface area (Å²) in [5.74, 6) is -0.178. The van der Waals surface area contributed by atoms with E-state index in [4.69, 9.17) is 9.47 Å². The third kappa shape index (κ3) is 33.0. The summed E-state index contributed by atoms with van der Waals surface area (Å²) in [5.41, 5.74) is 0. The van der Waals surface area contributed by atoms with Crippen LogP contribution in [0.1, 0.15) is 239 Å². The Hall–Kier alpha value is -1.59. The molecule has 7 atom stereocenters. The molecule has 1 saturated heterocycles. The molecule has 9 heteroatoms. The SMILES string of the molecule is CCCCCCC/C=C\C/C=C\CCCCCCCCCCCCCC(=O)NC(COC1OC(CO)C(O)C(O)C1O)C(O)/C=C/CCCCCCCCCCCCCCCC. The summed E-state index contributed by atoms with van der Waals surface area (Å²) < 4.78 is 11.2. The molecule has 0 bridgehead atoms. The molecule has 0 aromatic carbocycles. The van der Waals surface area contributed by atoms with E-state index in [0.29, 0.717) is 6.42 Å². The first-order chi connectivity index (χ1) is 30.3. The molecule has 0 aliphatic carbocycles. The van der Waals surface area contributed by atoms with Gasteiger partial charge in [-0.1, -0.05) is 217 Å². The number of nitrogens with one attached hydrogen (secondary N) is 1. The highest BCUT2D eigenvalue weighted by Gasteiger charge is 2.44. The molecule has 7 unspecified atom stereocenters. The Morgan fingerprint density at radius 2 is 0.952 bits per heavy atom. The van der Waals surface area contributed by atoms with Crippen LogP contribution < -0.4 is 5.32 Å². The number of carbonyl (C=O) groups excluding carboxylic acids is 1. The quantitative estimate of drug-likeness (QED) is 0.0262. The lowest BCUT2D eigenvalue weighted by molar-refractivity contribution is -0.302. The summed E-state index contributed by atoms with van der Waals surface area (Å²) in [6.07, 6.45) is 47.6. The number of unbranched alkanes of at least 4 members (excludes halogenated alkanes) is 30. The Labute approximate surface area is 381 Å². The van der Waals surface area contributed by atoms with Gasteiger partial charge in [-0.15, -0.1) is 0 Å². The molecule has 0 radical (unpaired) electrons. The number of aliphatic hydroxyl groups is 5. The summed E-state index contributed by atoms with van der Waals surface area (Å²) in [5, 5.41) is 54.4. The van der Waals surface area contributed by atoms with Crippen LogP contribution in [-0.2, 0) is 14.3 Å². The molecule has 0 spiro atoms. The molecule has 1 aliphatic heterocycles. The Bertz CT molecular complexity index is 1070. The van der Waals surface area contributed by atoms with Gasteiger partial charge in [-0.3, -0.25) is 4.79 Å². The molecule has 0 aromatic heterocycles. The second kappa shape index (κ2) is 43.3. The van der Waals surface area contributed by atoms with E-state index in [2.05, 4.69) is 43.5 Å². The second-order valence-electron chi connectivity index (χ2n) is 18.3. The molecular weight excluding hydrogens is 779 g/mol. The van der Waals surface area contributed by atoms with Crippen LogP contribution in [0.3, 0.4) is 0 Å². The number of hydrogen-bond donors (Lipinski definition) is 6. The number of aliphatic hydroxyl groups excluding tert-OH is 5. The van der Waals surface area contributed by atoms with Gasteiger partial charge >= 0.3 is 0 Å². The van der Waals surface area contributed by atoms with E-state index in [-0.39, 0.29) is 12.5 Å². The number of amides is 1. The van der Waals surface area contributed by atoms with Crippen molar-refractivity contribution in [3.8, 4) is 0 Å². The average molecular weight is 878 g/mol. The molecule has 1 aliphatic rings. The van der Waals surface area contributed by atoms with E-state index in [1.807, 2.05) is 6.08 Å². The van der Waals surface area contributed by atoms with E-state index in [1.165, 1.54) is 173 Å². The van der Waals surface area contributed by atoms with Gasteiger partial charge in [0, 0.05) is 6.42 Å².